The molecule has 23 heavy (non-hydrogen) atoms. The first-order valence-corrected chi connectivity index (χ1v) is 8.47. The average molecular weight is 333 g/mol. The molecule has 1 fully saturated rings. The molecule has 6 nitrogen and oxygen atoms in total. The number of carbonyl (C=O) groups excluding carboxylic acids is 1. The molecule has 0 aromatic carbocycles. The van der Waals surface area contributed by atoms with Gasteiger partial charge in [-0.1, -0.05) is 0 Å². The molecule has 2 heterocycles. The minimum Gasteiger partial charge on any atom is -0.481 e. The third-order valence-electron chi connectivity index (χ3n) is 4.40. The predicted molar refractivity (Wildman–Crippen MR) is 87.1 cm³/mol. The van der Waals surface area contributed by atoms with Crippen molar-refractivity contribution in [3.8, 4) is 5.13 Å². The third-order valence-corrected chi connectivity index (χ3v) is 5.16. The highest BCUT2D eigenvalue weighted by molar-refractivity contribution is 7.12. The molecule has 2 atom stereocenters. The Morgan fingerprint density at radius 3 is 2.78 bits per heavy atom. The topological polar surface area (TPSA) is 84.2 Å². The van der Waals surface area contributed by atoms with E-state index in [1.165, 1.54) is 11.3 Å². The van der Waals surface area contributed by atoms with Gasteiger partial charge in [0.2, 0.25) is 0 Å². The summed E-state index contributed by atoms with van der Waals surface area (Å²) in [5, 5.41) is 14.8. The minimum atomic E-state index is -0.774. The van der Waals surface area contributed by atoms with Crippen LogP contribution in [0.5, 0.6) is 0 Å². The van der Waals surface area contributed by atoms with E-state index in [2.05, 4.69) is 10.3 Å². The zero-order valence-electron chi connectivity index (χ0n) is 13.1. The molecule has 0 saturated heterocycles. The lowest BCUT2D eigenvalue weighted by atomic mass is 10.1. The van der Waals surface area contributed by atoms with Crippen LogP contribution < -0.4 is 5.32 Å². The Balaban J connectivity index is 1.76. The van der Waals surface area contributed by atoms with Crippen molar-refractivity contribution in [3.05, 3.63) is 34.6 Å². The van der Waals surface area contributed by atoms with Gasteiger partial charge < -0.3 is 10.4 Å². The molecule has 0 aliphatic heterocycles. The van der Waals surface area contributed by atoms with Crippen molar-refractivity contribution >= 4 is 23.2 Å². The van der Waals surface area contributed by atoms with Crippen LogP contribution in [0.3, 0.4) is 0 Å². The van der Waals surface area contributed by atoms with Crippen molar-refractivity contribution < 1.29 is 14.7 Å². The predicted octanol–water partition coefficient (Wildman–Crippen LogP) is 2.53. The van der Waals surface area contributed by atoms with Crippen LogP contribution in [0.25, 0.3) is 5.13 Å². The van der Waals surface area contributed by atoms with Crippen LogP contribution in [0.1, 0.15) is 41.0 Å². The maximum absolute atomic E-state index is 12.5. The monoisotopic (exact) mass is 333 g/mol. The van der Waals surface area contributed by atoms with Crippen molar-refractivity contribution in [1.82, 2.24) is 14.9 Å². The van der Waals surface area contributed by atoms with Crippen LogP contribution in [0, 0.1) is 19.8 Å². The number of aryl methyl sites for hydroxylation is 1. The van der Waals surface area contributed by atoms with Crippen LogP contribution in [0.4, 0.5) is 0 Å². The van der Waals surface area contributed by atoms with E-state index in [0.29, 0.717) is 24.8 Å². The van der Waals surface area contributed by atoms with Crippen LogP contribution in [-0.4, -0.2) is 32.6 Å². The van der Waals surface area contributed by atoms with Gasteiger partial charge in [-0.15, -0.1) is 11.3 Å². The van der Waals surface area contributed by atoms with E-state index >= 15 is 0 Å². The Morgan fingerprint density at radius 1 is 1.39 bits per heavy atom. The summed E-state index contributed by atoms with van der Waals surface area (Å²) in [6, 6.07) is 1.79. The van der Waals surface area contributed by atoms with E-state index < -0.39 is 5.97 Å². The molecule has 2 aromatic rings. The highest BCUT2D eigenvalue weighted by Gasteiger charge is 2.31. The summed E-state index contributed by atoms with van der Waals surface area (Å²) >= 11 is 1.52. The van der Waals surface area contributed by atoms with Gasteiger partial charge in [-0.3, -0.25) is 14.2 Å². The first-order valence-electron chi connectivity index (χ1n) is 7.60. The summed E-state index contributed by atoms with van der Waals surface area (Å²) in [6.07, 6.45) is 3.59. The van der Waals surface area contributed by atoms with E-state index in [-0.39, 0.29) is 17.9 Å². The molecule has 2 aromatic heterocycles. The van der Waals surface area contributed by atoms with Gasteiger partial charge >= 0.3 is 5.97 Å². The number of nitrogens with one attached hydrogen (secondary N) is 1. The van der Waals surface area contributed by atoms with Crippen LogP contribution in [0.2, 0.25) is 0 Å². The molecule has 1 aliphatic rings. The molecule has 0 radical (unpaired) electrons. The largest absolute Gasteiger partial charge is 0.481 e. The maximum Gasteiger partial charge on any atom is 0.306 e. The Bertz CT molecular complexity index is 736. The van der Waals surface area contributed by atoms with Gasteiger partial charge in [0.25, 0.3) is 5.91 Å². The standard InChI is InChI=1S/C16H19N3O3S/c1-9-7-13(10(2)19(9)16-17-5-6-23-16)14(20)18-12-4-3-11(8-12)15(21)22/h5-7,11-12H,3-4,8H2,1-2H3,(H,18,20)(H,21,22)/t11-,12+/m1/s1. The van der Waals surface area contributed by atoms with E-state index in [0.717, 1.165) is 16.5 Å². The number of carboxylic acid groups (broad SMARTS) is 1. The van der Waals surface area contributed by atoms with E-state index in [1.807, 2.05) is 29.9 Å². The molecule has 122 valence electrons. The number of hydrogen-bond donors (Lipinski definition) is 2. The summed E-state index contributed by atoms with van der Waals surface area (Å²) in [7, 11) is 0. The first kappa shape index (κ1) is 15.7. The highest BCUT2D eigenvalue weighted by Crippen LogP contribution is 2.27. The minimum absolute atomic E-state index is 0.0634. The average Bonchev–Trinajstić information content (AvgIpc) is 3.19. The number of aromatic nitrogens is 2. The molecule has 0 unspecified atom stereocenters. The third kappa shape index (κ3) is 3.01. The number of carboxylic acids is 1. The van der Waals surface area contributed by atoms with Crippen molar-refractivity contribution in [2.24, 2.45) is 5.92 Å². The van der Waals surface area contributed by atoms with Crippen LogP contribution in [0.15, 0.2) is 17.6 Å². The first-order chi connectivity index (χ1) is 11.0. The highest BCUT2D eigenvalue weighted by atomic mass is 32.1. The van der Waals surface area contributed by atoms with Gasteiger partial charge in [0.15, 0.2) is 5.13 Å². The SMILES string of the molecule is Cc1cc(C(=O)N[C@H]2CC[C@@H](C(=O)O)C2)c(C)n1-c1nccs1. The van der Waals surface area contributed by atoms with Gasteiger partial charge in [-0.05, 0) is 39.2 Å². The number of amides is 1. The molecule has 0 spiro atoms. The lowest BCUT2D eigenvalue weighted by molar-refractivity contribution is -0.141. The number of carbonyl (C=O) groups is 2. The lowest BCUT2D eigenvalue weighted by Crippen LogP contribution is -2.33. The molecule has 3 rings (SSSR count). The van der Waals surface area contributed by atoms with Crippen LogP contribution in [-0.2, 0) is 4.79 Å². The second kappa shape index (κ2) is 6.16. The van der Waals surface area contributed by atoms with E-state index in [9.17, 15) is 9.59 Å². The van der Waals surface area contributed by atoms with Crippen molar-refractivity contribution in [2.75, 3.05) is 0 Å². The molecule has 2 N–H and O–H groups in total. The fraction of sp³-hybridized carbons (Fsp3) is 0.438. The van der Waals surface area contributed by atoms with Gasteiger partial charge in [0.1, 0.15) is 0 Å². The summed E-state index contributed by atoms with van der Waals surface area (Å²) < 4.78 is 1.97. The zero-order valence-corrected chi connectivity index (χ0v) is 13.9. The van der Waals surface area contributed by atoms with E-state index in [1.54, 1.807) is 6.20 Å². The quantitative estimate of drug-likeness (QED) is 0.900. The second-order valence-electron chi connectivity index (χ2n) is 5.95. The fourth-order valence-corrected chi connectivity index (χ4v) is 3.96. The molecule has 1 amide bonds. The van der Waals surface area contributed by atoms with E-state index in [4.69, 9.17) is 5.11 Å². The summed E-state index contributed by atoms with van der Waals surface area (Å²) in [6.45, 7) is 3.85. The summed E-state index contributed by atoms with van der Waals surface area (Å²) in [5.41, 5.74) is 2.43. The molecular weight excluding hydrogens is 314 g/mol. The Labute approximate surface area is 138 Å². The zero-order chi connectivity index (χ0) is 16.6. The smallest absolute Gasteiger partial charge is 0.306 e. The number of hydrogen-bond acceptors (Lipinski definition) is 4. The van der Waals surface area contributed by atoms with Crippen LogP contribution >= 0.6 is 11.3 Å². The Morgan fingerprint density at radius 2 is 2.17 bits per heavy atom. The Hall–Kier alpha value is -2.15. The fourth-order valence-electron chi connectivity index (χ4n) is 3.21. The normalized spacial score (nSPS) is 20.6. The number of nitrogens with zero attached hydrogens (tertiary/aromatic N) is 2. The van der Waals surface area contributed by atoms with Gasteiger partial charge in [-0.25, -0.2) is 4.98 Å². The van der Waals surface area contributed by atoms with Gasteiger partial charge in [0.05, 0.1) is 11.5 Å². The lowest BCUT2D eigenvalue weighted by Gasteiger charge is -2.12. The Kier molecular flexibility index (Phi) is 4.21. The second-order valence-corrected chi connectivity index (χ2v) is 6.83. The summed E-state index contributed by atoms with van der Waals surface area (Å²) in [5.74, 6) is -1.26. The number of thiazole rings is 1. The van der Waals surface area contributed by atoms with Gasteiger partial charge in [-0.2, -0.15) is 0 Å². The van der Waals surface area contributed by atoms with Crippen molar-refractivity contribution in [1.29, 1.82) is 0 Å². The number of rotatable bonds is 4. The van der Waals surface area contributed by atoms with Crippen molar-refractivity contribution in [3.63, 3.8) is 0 Å². The molecule has 1 aliphatic carbocycles. The van der Waals surface area contributed by atoms with Crippen molar-refractivity contribution in [2.45, 2.75) is 39.2 Å². The number of aliphatic carboxylic acids is 1. The molecule has 1 saturated carbocycles. The molecular formula is C16H19N3O3S. The summed E-state index contributed by atoms with van der Waals surface area (Å²) in [4.78, 5) is 27.9. The maximum atomic E-state index is 12.5. The molecule has 7 heteroatoms. The van der Waals surface area contributed by atoms with Gasteiger partial charge in [0, 0.05) is 29.0 Å². The molecule has 0 bridgehead atoms.